The monoisotopic (exact) mass is 1610 g/mol. The number of hydrogen-bond acceptors (Lipinski definition) is 38. The van der Waals surface area contributed by atoms with Gasteiger partial charge < -0.3 is 70.0 Å². The zero-order valence-electron chi connectivity index (χ0n) is 44.9. The van der Waals surface area contributed by atoms with Crippen LogP contribution in [0.1, 0.15) is 6.42 Å². The number of aliphatic hydroxyl groups excluding tert-OH is 9. The van der Waals surface area contributed by atoms with E-state index in [2.05, 4.69) is 18.1 Å². The molecule has 0 radical (unpaired) electrons. The van der Waals surface area contributed by atoms with Crippen LogP contribution in [-0.2, 0) is 133 Å². The predicted octanol–water partition coefficient (Wildman–Crippen LogP) is -7.06. The molecule has 0 spiro atoms. The number of epoxide rings is 1. The van der Waals surface area contributed by atoms with Gasteiger partial charge in [0.05, 0.1) is 23.8 Å². The number of nitrogens with zero attached hydrogens (tertiary/aromatic N) is 30. The molecule has 0 saturated carbocycles. The first-order valence-corrected chi connectivity index (χ1v) is 36.7. The average Bonchev–Trinajstić information content (AvgIpc) is 0.891. The lowest BCUT2D eigenvalue weighted by Gasteiger charge is -2.59. The summed E-state index contributed by atoms with van der Waals surface area (Å²) in [5.74, 6) is -5.46. The number of diazo groups is 1. The van der Waals surface area contributed by atoms with Gasteiger partial charge in [-0.2, -0.15) is 8.42 Å². The molecule has 77 heteroatoms. The second kappa shape index (κ2) is 26.9. The van der Waals surface area contributed by atoms with Crippen LogP contribution in [0.4, 0.5) is 0 Å². The number of ether oxygens (including phenoxy) is 6. The van der Waals surface area contributed by atoms with E-state index >= 15 is 42.1 Å². The van der Waals surface area contributed by atoms with Crippen LogP contribution in [-0.4, -0.2) is 249 Å². The smallest absolute Gasteiger partial charge is 0.361 e. The fourth-order valence-corrected chi connectivity index (χ4v) is 25.3. The van der Waals surface area contributed by atoms with Crippen LogP contribution in [0, 0.1) is 5.39 Å². The highest BCUT2D eigenvalue weighted by Gasteiger charge is 2.93. The van der Waals surface area contributed by atoms with Gasteiger partial charge in [-0.1, -0.05) is 0 Å². The Bertz CT molecular complexity index is 5010. The van der Waals surface area contributed by atoms with Crippen LogP contribution < -0.4 is 0 Å². The standard InChI is InChI=1S/C21H26N30O37S10/c22-32-42-89(62,63)14(61,1-4-3-82-4)15(9(56)6(53)5(2-52)83-15)84-18(92(68,69)45-35-25)12(59)7(54)10(57)16(85-18,90(64,65)43-33-23)20(94(72,73)47-37-27,95(74,75)48-38-28)87-19(93(70,71)46-36-26)13(60)8(55)11(58)17(86-19,91(66,67)44-34-24)21(96(76,77)49-39-29,97(78,79)50-40-30)88-98(80,81)51-41-31/h4-13,52-61H,1-3H2/p+1/t4?,5-,6-,7+,8+,9+,10+,11-,12-,13-,14?,15-,16-,17-,18?,19?/m1/s1. The van der Waals surface area contributed by atoms with Gasteiger partial charge in [0, 0.05) is 86.8 Å². The maximum absolute atomic E-state index is 15.5. The van der Waals surface area contributed by atoms with Crippen molar-refractivity contribution < 1.29 is 168 Å². The molecule has 4 saturated heterocycles. The Morgan fingerprint density at radius 3 is 1.16 bits per heavy atom. The third kappa shape index (κ3) is 11.7. The van der Waals surface area contributed by atoms with E-state index in [4.69, 9.17) is 24.5 Å². The highest BCUT2D eigenvalue weighted by Crippen LogP contribution is 2.63. The predicted molar refractivity (Wildman–Crippen MR) is 285 cm³/mol. The van der Waals surface area contributed by atoms with Gasteiger partial charge in [-0.05, 0) is 49.8 Å². The second-order valence-electron chi connectivity index (χ2n) is 17.7. The molecule has 0 aromatic rings. The summed E-state index contributed by atoms with van der Waals surface area (Å²) in [5, 5.41) is 115. The lowest BCUT2D eigenvalue weighted by Crippen LogP contribution is -2.87. The molecule has 98 heavy (non-hydrogen) atoms. The topological polar surface area (TPSA) is 1090 Å². The molecule has 4 heterocycles. The van der Waals surface area contributed by atoms with E-state index in [0.29, 0.717) is 0 Å². The molecule has 0 bridgehead atoms. The molecule has 4 aliphatic rings. The fraction of sp³-hybridized carbons (Fsp3) is 1.00. The Labute approximate surface area is 535 Å². The molecule has 4 rings (SSSR count). The highest BCUT2D eigenvalue weighted by molar-refractivity contribution is 8.11. The quantitative estimate of drug-likeness (QED) is 0.00795. The van der Waals surface area contributed by atoms with Gasteiger partial charge in [0.15, 0.2) is 12.2 Å². The Balaban J connectivity index is 2.89. The molecule has 0 amide bonds. The lowest BCUT2D eigenvalue weighted by atomic mass is 9.94. The van der Waals surface area contributed by atoms with Crippen molar-refractivity contribution in [2.45, 2.75) is 107 Å². The lowest BCUT2D eigenvalue weighted by molar-refractivity contribution is -0.433. The van der Waals surface area contributed by atoms with Gasteiger partial charge in [-0.3, -0.25) is 14.0 Å². The minimum absolute atomic E-state index is 0.947. The maximum Gasteiger partial charge on any atom is 0.361 e. The normalized spacial score (nSPS) is 33.1. The molecule has 542 valence electrons. The molecule has 0 aromatic heterocycles. The SMILES string of the molecule is N#[N+]N=S(=O)(O)C(O)(CC1CO1)[C@@]1(OC2(S(=O)(=O)N=[N+]=[N-])O[C@@](C(OC3(S(=O)(=O)N=[N+]=[N-])O[C@@](C(OS(=O)(=O)N=[N+]=[N-])(S(=O)(=O)N=[N+]=[N-])S(=O)(=O)N=[N+]=[N-])(S(=O)(=O)N=[N+]=[N-])[C@H](O)[C@H](O)[C@H]3O)(S(=O)(=O)N=[N+]=[N-])S(=O)(=O)N=[N+]=[N-])(S(=O)(=O)N=[N+]=[N-])[C@@H](O)[C@H](O)[C@H]2O)O[C@H](CO)[C@@H](O)[C@@H]1O. The van der Waals surface area contributed by atoms with Crippen LogP contribution in [0.3, 0.4) is 0 Å². The zero-order valence-corrected chi connectivity index (χ0v) is 53.1. The van der Waals surface area contributed by atoms with E-state index in [1.54, 1.807) is 41.1 Å². The third-order valence-electron chi connectivity index (χ3n) is 12.8. The Morgan fingerprint density at radius 2 is 0.816 bits per heavy atom. The molecule has 4 aliphatic heterocycles. The van der Waals surface area contributed by atoms with E-state index in [0.717, 1.165) is 0 Å². The van der Waals surface area contributed by atoms with Gasteiger partial charge in [0.1, 0.15) is 42.7 Å². The van der Waals surface area contributed by atoms with E-state index in [9.17, 15) is 143 Å². The number of rotatable bonds is 30. The molecule has 11 N–H and O–H groups in total. The van der Waals surface area contributed by atoms with Crippen molar-refractivity contribution in [1.29, 1.82) is 5.39 Å². The van der Waals surface area contributed by atoms with Gasteiger partial charge >= 0.3 is 34.2 Å². The largest absolute Gasteiger partial charge is 0.394 e. The van der Waals surface area contributed by atoms with Crippen molar-refractivity contribution >= 4 is 101 Å². The summed E-state index contributed by atoms with van der Waals surface area (Å²) >= 11 is 0. The Hall–Kier alpha value is -8.01. The van der Waals surface area contributed by atoms with Crippen molar-refractivity contribution in [3.8, 4) is 0 Å². The molecule has 67 nitrogen and oxygen atoms in total. The summed E-state index contributed by atoms with van der Waals surface area (Å²) in [6, 6.07) is 0. The summed E-state index contributed by atoms with van der Waals surface area (Å²) in [4.78, 5) is -7.51. The number of azide groups is 9. The van der Waals surface area contributed by atoms with Crippen molar-refractivity contribution in [1.82, 2.24) is 0 Å². The van der Waals surface area contributed by atoms with Crippen LogP contribution in [0.2, 0.25) is 0 Å². The highest BCUT2D eigenvalue weighted by atomic mass is 32.3. The van der Waals surface area contributed by atoms with Crippen molar-refractivity contribution in [3.05, 3.63) is 99.1 Å². The first-order chi connectivity index (χ1) is 44.7. The first kappa shape index (κ1) is 82.4. The van der Waals surface area contributed by atoms with Crippen LogP contribution in [0.5, 0.6) is 0 Å². The van der Waals surface area contributed by atoms with E-state index in [-0.39, 0.29) is 0 Å². The maximum atomic E-state index is 15.5. The van der Waals surface area contributed by atoms with Gasteiger partial charge in [0.25, 0.3) is 110 Å². The number of sulfonamides is 8. The zero-order chi connectivity index (χ0) is 76.0. The van der Waals surface area contributed by atoms with Crippen LogP contribution >= 0.6 is 0 Å². The molecular weight excluding hydrogens is 1590 g/mol. The summed E-state index contributed by atoms with van der Waals surface area (Å²) in [6.07, 6.45) is -47.0. The van der Waals surface area contributed by atoms with E-state index in [1.165, 1.54) is 39.3 Å². The Kier molecular flexibility index (Phi) is 22.6. The Morgan fingerprint density at radius 1 is 0.480 bits per heavy atom. The van der Waals surface area contributed by atoms with Gasteiger partial charge in [-0.25, -0.2) is 75.7 Å². The first-order valence-electron chi connectivity index (χ1n) is 22.4. The molecule has 17 atom stereocenters. The molecule has 4 fully saturated rings. The average molecular weight is 1610 g/mol. The second-order valence-corrected chi connectivity index (χ2v) is 34.8. The summed E-state index contributed by atoms with van der Waals surface area (Å²) < 4.78 is 327. The minimum atomic E-state index is -9.13. The molecule has 0 aliphatic carbocycles. The summed E-state index contributed by atoms with van der Waals surface area (Å²) in [5.41, 5.74) is 85.9. The molecular formula is C21H27N30O37S10+. The minimum Gasteiger partial charge on any atom is -0.394 e. The summed E-state index contributed by atoms with van der Waals surface area (Å²) in [7, 11) is -84.2. The summed E-state index contributed by atoms with van der Waals surface area (Å²) in [6.45, 7) is -3.02. The number of aliphatic hydroxyl groups is 10. The van der Waals surface area contributed by atoms with E-state index in [1.807, 2.05) is 9.60 Å². The van der Waals surface area contributed by atoms with Crippen LogP contribution in [0.25, 0.3) is 99.1 Å². The van der Waals surface area contributed by atoms with E-state index < -0.39 is 221 Å². The van der Waals surface area contributed by atoms with Gasteiger partial charge in [0.2, 0.25) is 10.7 Å². The van der Waals surface area contributed by atoms with Gasteiger partial charge in [-0.15, -0.1) is 0 Å². The number of hydrogen-bond donors (Lipinski definition) is 11. The molecule has 0 aromatic carbocycles. The fourth-order valence-electron chi connectivity index (χ4n) is 8.98. The van der Waals surface area contributed by atoms with Crippen molar-refractivity contribution in [3.63, 3.8) is 0 Å². The third-order valence-corrected chi connectivity index (χ3v) is 30.0. The van der Waals surface area contributed by atoms with Crippen LogP contribution in [0.15, 0.2) is 45.1 Å². The van der Waals surface area contributed by atoms with Crippen molar-refractivity contribution in [2.24, 2.45) is 45.1 Å². The van der Waals surface area contributed by atoms with Crippen molar-refractivity contribution in [2.75, 3.05) is 13.2 Å². The molecule has 5 unspecified atom stereocenters.